The number of rotatable bonds is 3. The molecule has 0 unspecified atom stereocenters. The Bertz CT molecular complexity index is 1040. The Labute approximate surface area is 159 Å². The van der Waals surface area contributed by atoms with Gasteiger partial charge in [-0.25, -0.2) is 9.50 Å². The summed E-state index contributed by atoms with van der Waals surface area (Å²) < 4.78 is 39.9. The van der Waals surface area contributed by atoms with E-state index in [0.29, 0.717) is 11.1 Å². The molecule has 3 aromatic heterocycles. The number of amides is 1. The van der Waals surface area contributed by atoms with E-state index in [0.717, 1.165) is 37.7 Å². The number of aryl methyl sites for hydroxylation is 1. The molecule has 0 radical (unpaired) electrons. The standard InChI is InChI=1S/C19H18F3N5O/c1-12-15(4-5-17(24-12)19(20,21)22)25-18(28)14-11-23-27-9-6-13(10-16(14)27)26-7-2-3-8-26/h4-6,9-11H,2-3,7-8H2,1H3,(H,25,28). The van der Waals surface area contributed by atoms with Crippen LogP contribution < -0.4 is 10.2 Å². The second kappa shape index (κ2) is 6.81. The van der Waals surface area contributed by atoms with Crippen LogP contribution in [0.5, 0.6) is 0 Å². The summed E-state index contributed by atoms with van der Waals surface area (Å²) >= 11 is 0. The van der Waals surface area contributed by atoms with Gasteiger partial charge in [0.1, 0.15) is 5.69 Å². The molecule has 0 atom stereocenters. The van der Waals surface area contributed by atoms with E-state index in [1.165, 1.54) is 19.2 Å². The number of hydrogen-bond acceptors (Lipinski definition) is 4. The molecule has 28 heavy (non-hydrogen) atoms. The highest BCUT2D eigenvalue weighted by Crippen LogP contribution is 2.29. The first-order valence-electron chi connectivity index (χ1n) is 8.91. The molecule has 4 heterocycles. The zero-order chi connectivity index (χ0) is 19.9. The number of fused-ring (bicyclic) bond motifs is 1. The summed E-state index contributed by atoms with van der Waals surface area (Å²) in [6, 6.07) is 5.93. The number of hydrogen-bond donors (Lipinski definition) is 1. The number of nitrogens with one attached hydrogen (secondary N) is 1. The lowest BCUT2D eigenvalue weighted by atomic mass is 10.2. The van der Waals surface area contributed by atoms with Gasteiger partial charge < -0.3 is 10.2 Å². The summed E-state index contributed by atoms with van der Waals surface area (Å²) in [7, 11) is 0. The van der Waals surface area contributed by atoms with Crippen LogP contribution in [0.4, 0.5) is 24.5 Å². The van der Waals surface area contributed by atoms with Crippen molar-refractivity contribution < 1.29 is 18.0 Å². The molecule has 3 aromatic rings. The van der Waals surface area contributed by atoms with Crippen LogP contribution in [-0.2, 0) is 6.18 Å². The van der Waals surface area contributed by atoms with Gasteiger partial charge in [-0.15, -0.1) is 0 Å². The number of pyridine rings is 2. The average Bonchev–Trinajstić information content (AvgIpc) is 3.31. The molecular weight excluding hydrogens is 371 g/mol. The van der Waals surface area contributed by atoms with Gasteiger partial charge in [-0.1, -0.05) is 0 Å². The summed E-state index contributed by atoms with van der Waals surface area (Å²) in [5.41, 5.74) is 1.34. The smallest absolute Gasteiger partial charge is 0.371 e. The van der Waals surface area contributed by atoms with Crippen LogP contribution in [0.25, 0.3) is 5.52 Å². The first kappa shape index (κ1) is 18.3. The molecule has 0 saturated carbocycles. The van der Waals surface area contributed by atoms with Gasteiger partial charge in [0.2, 0.25) is 0 Å². The van der Waals surface area contributed by atoms with Crippen molar-refractivity contribution in [2.75, 3.05) is 23.3 Å². The Morgan fingerprint density at radius 2 is 1.93 bits per heavy atom. The van der Waals surface area contributed by atoms with Crippen molar-refractivity contribution in [1.82, 2.24) is 14.6 Å². The molecule has 1 saturated heterocycles. The fourth-order valence-electron chi connectivity index (χ4n) is 3.36. The normalized spacial score (nSPS) is 14.6. The minimum atomic E-state index is -4.53. The number of alkyl halides is 3. The van der Waals surface area contributed by atoms with Crippen molar-refractivity contribution >= 4 is 22.8 Å². The van der Waals surface area contributed by atoms with Crippen LogP contribution in [0.15, 0.2) is 36.7 Å². The van der Waals surface area contributed by atoms with Crippen LogP contribution in [0.2, 0.25) is 0 Å². The number of carbonyl (C=O) groups is 1. The molecule has 4 rings (SSSR count). The van der Waals surface area contributed by atoms with E-state index in [9.17, 15) is 18.0 Å². The molecule has 0 spiro atoms. The van der Waals surface area contributed by atoms with Gasteiger partial charge in [0, 0.05) is 25.0 Å². The van der Waals surface area contributed by atoms with Crippen LogP contribution in [0.1, 0.15) is 34.6 Å². The zero-order valence-electron chi connectivity index (χ0n) is 15.1. The third kappa shape index (κ3) is 3.39. The second-order valence-electron chi connectivity index (χ2n) is 6.75. The maximum Gasteiger partial charge on any atom is 0.433 e. The van der Waals surface area contributed by atoms with Crippen LogP contribution >= 0.6 is 0 Å². The van der Waals surface area contributed by atoms with Crippen molar-refractivity contribution in [1.29, 1.82) is 0 Å². The lowest BCUT2D eigenvalue weighted by Crippen LogP contribution is -2.18. The Hall–Kier alpha value is -3.10. The Morgan fingerprint density at radius 1 is 1.18 bits per heavy atom. The molecule has 0 aliphatic carbocycles. The summed E-state index contributed by atoms with van der Waals surface area (Å²) in [6.45, 7) is 3.37. The number of carbonyl (C=O) groups excluding carboxylic acids is 1. The number of nitrogens with zero attached hydrogens (tertiary/aromatic N) is 4. The molecule has 1 amide bonds. The first-order valence-corrected chi connectivity index (χ1v) is 8.91. The van der Waals surface area contributed by atoms with Crippen LogP contribution in [-0.4, -0.2) is 33.6 Å². The molecule has 1 N–H and O–H groups in total. The average molecular weight is 389 g/mol. The van der Waals surface area contributed by atoms with Crippen LogP contribution in [0, 0.1) is 6.92 Å². The Morgan fingerprint density at radius 3 is 2.61 bits per heavy atom. The SMILES string of the molecule is Cc1nc(C(F)(F)F)ccc1NC(=O)c1cnn2ccc(N3CCCC3)cc12. The number of aromatic nitrogens is 3. The molecule has 6 nitrogen and oxygen atoms in total. The third-order valence-corrected chi connectivity index (χ3v) is 4.85. The van der Waals surface area contributed by atoms with Gasteiger partial charge in [0.05, 0.1) is 28.7 Å². The minimum Gasteiger partial charge on any atom is -0.371 e. The van der Waals surface area contributed by atoms with Crippen molar-refractivity contribution in [2.45, 2.75) is 25.9 Å². The Kier molecular flexibility index (Phi) is 4.44. The summed E-state index contributed by atoms with van der Waals surface area (Å²) in [5, 5.41) is 6.83. The maximum absolute atomic E-state index is 12.8. The molecule has 0 aromatic carbocycles. The molecule has 1 aliphatic rings. The Balaban J connectivity index is 1.61. The van der Waals surface area contributed by atoms with Crippen molar-refractivity contribution in [2.24, 2.45) is 0 Å². The lowest BCUT2D eigenvalue weighted by molar-refractivity contribution is -0.141. The fourth-order valence-corrected chi connectivity index (χ4v) is 3.36. The first-order chi connectivity index (χ1) is 13.3. The molecule has 1 aliphatic heterocycles. The molecule has 1 fully saturated rings. The number of anilines is 2. The number of halogens is 3. The highest BCUT2D eigenvalue weighted by Gasteiger charge is 2.32. The molecular formula is C19H18F3N5O. The highest BCUT2D eigenvalue weighted by atomic mass is 19.4. The predicted molar refractivity (Wildman–Crippen MR) is 98.6 cm³/mol. The largest absolute Gasteiger partial charge is 0.433 e. The summed E-state index contributed by atoms with van der Waals surface area (Å²) in [4.78, 5) is 18.5. The van der Waals surface area contributed by atoms with E-state index < -0.39 is 17.8 Å². The predicted octanol–water partition coefficient (Wildman–Crippen LogP) is 3.91. The van der Waals surface area contributed by atoms with E-state index in [-0.39, 0.29) is 11.4 Å². The maximum atomic E-state index is 12.8. The quantitative estimate of drug-likeness (QED) is 0.738. The van der Waals surface area contributed by atoms with E-state index in [4.69, 9.17) is 0 Å². The van der Waals surface area contributed by atoms with Crippen molar-refractivity contribution in [3.05, 3.63) is 53.6 Å². The fraction of sp³-hybridized carbons (Fsp3) is 0.316. The van der Waals surface area contributed by atoms with E-state index >= 15 is 0 Å². The van der Waals surface area contributed by atoms with Gasteiger partial charge in [-0.05, 0) is 44.0 Å². The summed E-state index contributed by atoms with van der Waals surface area (Å²) in [6.07, 6.45) is 0.994. The van der Waals surface area contributed by atoms with Gasteiger partial charge in [-0.2, -0.15) is 18.3 Å². The molecule has 146 valence electrons. The molecule has 9 heteroatoms. The lowest BCUT2D eigenvalue weighted by Gasteiger charge is -2.17. The van der Waals surface area contributed by atoms with Gasteiger partial charge in [0.25, 0.3) is 5.91 Å². The molecule has 0 bridgehead atoms. The van der Waals surface area contributed by atoms with E-state index in [1.54, 1.807) is 10.7 Å². The topological polar surface area (TPSA) is 62.5 Å². The van der Waals surface area contributed by atoms with Crippen molar-refractivity contribution in [3.63, 3.8) is 0 Å². The van der Waals surface area contributed by atoms with Crippen LogP contribution in [0.3, 0.4) is 0 Å². The second-order valence-corrected chi connectivity index (χ2v) is 6.75. The van der Waals surface area contributed by atoms with Crippen molar-refractivity contribution in [3.8, 4) is 0 Å². The highest BCUT2D eigenvalue weighted by molar-refractivity contribution is 6.09. The van der Waals surface area contributed by atoms with Gasteiger partial charge >= 0.3 is 6.18 Å². The monoisotopic (exact) mass is 389 g/mol. The van der Waals surface area contributed by atoms with Gasteiger partial charge in [-0.3, -0.25) is 4.79 Å². The third-order valence-electron chi connectivity index (χ3n) is 4.85. The zero-order valence-corrected chi connectivity index (χ0v) is 15.1. The minimum absolute atomic E-state index is 0.0948. The van der Waals surface area contributed by atoms with E-state index in [1.807, 2.05) is 12.1 Å². The summed E-state index contributed by atoms with van der Waals surface area (Å²) in [5.74, 6) is -0.446. The van der Waals surface area contributed by atoms with E-state index in [2.05, 4.69) is 20.3 Å². The van der Waals surface area contributed by atoms with Gasteiger partial charge in [0.15, 0.2) is 0 Å².